The molecule has 0 spiro atoms. The molecule has 0 N–H and O–H groups in total. The molecule has 2 aliphatic rings. The largest absolute Gasteiger partial charge is 0.482 e. The molecule has 0 unspecified atom stereocenters. The zero-order valence-corrected chi connectivity index (χ0v) is 15.3. The molecule has 0 saturated carbocycles. The van der Waals surface area contributed by atoms with E-state index in [1.54, 1.807) is 9.80 Å². The van der Waals surface area contributed by atoms with E-state index >= 15 is 0 Å². The number of fused-ring (bicyclic) bond motifs is 1. The van der Waals surface area contributed by atoms with Crippen molar-refractivity contribution in [1.29, 1.82) is 0 Å². The highest BCUT2D eigenvalue weighted by atomic mass is 16.5. The van der Waals surface area contributed by atoms with Crippen LogP contribution in [0.3, 0.4) is 0 Å². The summed E-state index contributed by atoms with van der Waals surface area (Å²) in [6.45, 7) is 4.79. The number of rotatable bonds is 3. The van der Waals surface area contributed by atoms with Gasteiger partial charge in [-0.1, -0.05) is 18.2 Å². The third-order valence-corrected chi connectivity index (χ3v) is 4.87. The summed E-state index contributed by atoms with van der Waals surface area (Å²) >= 11 is 0. The highest BCUT2D eigenvalue weighted by Gasteiger charge is 2.26. The van der Waals surface area contributed by atoms with Crippen LogP contribution >= 0.6 is 0 Å². The number of benzene rings is 2. The Morgan fingerprint density at radius 1 is 1.11 bits per heavy atom. The van der Waals surface area contributed by atoms with Crippen molar-refractivity contribution in [2.75, 3.05) is 37.8 Å². The summed E-state index contributed by atoms with van der Waals surface area (Å²) in [4.78, 5) is 28.7. The van der Waals surface area contributed by atoms with Crippen LogP contribution in [0.2, 0.25) is 0 Å². The standard InChI is InChI=1S/C21H22N2O4/c1-15-5-6-19-18(11-15)23(20(24)14-27-19)13-16-3-2-4-17(12-16)21(25)22-7-9-26-10-8-22/h2-6,11-12H,7-10,13-14H2,1H3. The minimum Gasteiger partial charge on any atom is -0.482 e. The number of nitrogens with zero attached hydrogens (tertiary/aromatic N) is 2. The molecular weight excluding hydrogens is 344 g/mol. The minimum absolute atomic E-state index is 0.00435. The molecule has 140 valence electrons. The number of amides is 2. The van der Waals surface area contributed by atoms with Gasteiger partial charge in [0.15, 0.2) is 6.61 Å². The predicted octanol–water partition coefficient (Wildman–Crippen LogP) is 2.39. The molecule has 0 bridgehead atoms. The first kappa shape index (κ1) is 17.5. The number of aryl methyl sites for hydroxylation is 1. The van der Waals surface area contributed by atoms with Crippen molar-refractivity contribution >= 4 is 17.5 Å². The summed E-state index contributed by atoms with van der Waals surface area (Å²) in [5.74, 6) is 0.628. The molecule has 0 radical (unpaired) electrons. The van der Waals surface area contributed by atoms with Gasteiger partial charge in [0, 0.05) is 18.7 Å². The maximum Gasteiger partial charge on any atom is 0.265 e. The summed E-state index contributed by atoms with van der Waals surface area (Å²) in [6, 6.07) is 13.3. The van der Waals surface area contributed by atoms with Crippen molar-refractivity contribution in [3.8, 4) is 5.75 Å². The first-order valence-corrected chi connectivity index (χ1v) is 9.11. The van der Waals surface area contributed by atoms with Crippen molar-refractivity contribution in [3.05, 3.63) is 59.2 Å². The van der Waals surface area contributed by atoms with Crippen molar-refractivity contribution in [2.45, 2.75) is 13.5 Å². The van der Waals surface area contributed by atoms with E-state index < -0.39 is 0 Å². The van der Waals surface area contributed by atoms with Gasteiger partial charge in [0.25, 0.3) is 11.8 Å². The van der Waals surface area contributed by atoms with Crippen LogP contribution in [0.1, 0.15) is 21.5 Å². The van der Waals surface area contributed by atoms with Gasteiger partial charge in [-0.05, 0) is 42.3 Å². The van der Waals surface area contributed by atoms with Crippen molar-refractivity contribution in [2.24, 2.45) is 0 Å². The van der Waals surface area contributed by atoms with E-state index in [4.69, 9.17) is 9.47 Å². The van der Waals surface area contributed by atoms with Gasteiger partial charge in [-0.15, -0.1) is 0 Å². The number of morpholine rings is 1. The Morgan fingerprint density at radius 2 is 1.93 bits per heavy atom. The molecule has 6 heteroatoms. The molecule has 0 aliphatic carbocycles. The Morgan fingerprint density at radius 3 is 2.74 bits per heavy atom. The number of carbonyl (C=O) groups excluding carboxylic acids is 2. The molecule has 1 fully saturated rings. The number of hydrogen-bond donors (Lipinski definition) is 0. The fraction of sp³-hybridized carbons (Fsp3) is 0.333. The van der Waals surface area contributed by atoms with E-state index in [2.05, 4.69) is 0 Å². The zero-order valence-electron chi connectivity index (χ0n) is 15.3. The average Bonchev–Trinajstić information content (AvgIpc) is 2.70. The quantitative estimate of drug-likeness (QED) is 0.837. The van der Waals surface area contributed by atoms with Crippen molar-refractivity contribution < 1.29 is 19.1 Å². The van der Waals surface area contributed by atoms with E-state index in [9.17, 15) is 9.59 Å². The van der Waals surface area contributed by atoms with Crippen LogP contribution in [0, 0.1) is 6.92 Å². The lowest BCUT2D eigenvalue weighted by Crippen LogP contribution is -2.40. The molecule has 4 rings (SSSR count). The molecular formula is C21H22N2O4. The molecule has 1 saturated heterocycles. The van der Waals surface area contributed by atoms with Gasteiger partial charge >= 0.3 is 0 Å². The number of anilines is 1. The number of ether oxygens (including phenoxy) is 2. The molecule has 2 aromatic carbocycles. The first-order valence-electron chi connectivity index (χ1n) is 9.11. The van der Waals surface area contributed by atoms with Crippen LogP contribution < -0.4 is 9.64 Å². The Bertz CT molecular complexity index is 874. The Labute approximate surface area is 158 Å². The summed E-state index contributed by atoms with van der Waals surface area (Å²) in [5, 5.41) is 0. The van der Waals surface area contributed by atoms with Gasteiger partial charge in [-0.25, -0.2) is 0 Å². The second-order valence-corrected chi connectivity index (χ2v) is 6.84. The molecule has 0 aromatic heterocycles. The fourth-order valence-corrected chi connectivity index (χ4v) is 3.42. The normalized spacial score (nSPS) is 16.7. The second-order valence-electron chi connectivity index (χ2n) is 6.84. The van der Waals surface area contributed by atoms with Crippen LogP contribution in [0.15, 0.2) is 42.5 Å². The smallest absolute Gasteiger partial charge is 0.265 e. The lowest BCUT2D eigenvalue weighted by Gasteiger charge is -2.30. The molecule has 2 aliphatic heterocycles. The summed E-state index contributed by atoms with van der Waals surface area (Å²) in [7, 11) is 0. The topological polar surface area (TPSA) is 59.1 Å². The second kappa shape index (κ2) is 7.40. The van der Waals surface area contributed by atoms with Crippen LogP contribution in [-0.4, -0.2) is 49.6 Å². The van der Waals surface area contributed by atoms with Crippen LogP contribution in [0.5, 0.6) is 5.75 Å². The Hall–Kier alpha value is -2.86. The predicted molar refractivity (Wildman–Crippen MR) is 101 cm³/mol. The molecule has 2 aromatic rings. The van der Waals surface area contributed by atoms with Gasteiger partial charge < -0.3 is 19.3 Å². The lowest BCUT2D eigenvalue weighted by atomic mass is 10.1. The third kappa shape index (κ3) is 3.66. The van der Waals surface area contributed by atoms with Gasteiger partial charge in [-0.3, -0.25) is 9.59 Å². The van der Waals surface area contributed by atoms with Gasteiger partial charge in [0.1, 0.15) is 5.75 Å². The van der Waals surface area contributed by atoms with E-state index in [0.29, 0.717) is 44.2 Å². The van der Waals surface area contributed by atoms with Gasteiger partial charge in [0.2, 0.25) is 0 Å². The highest BCUT2D eigenvalue weighted by Crippen LogP contribution is 2.33. The summed E-state index contributed by atoms with van der Waals surface area (Å²) in [6.07, 6.45) is 0. The maximum absolute atomic E-state index is 12.7. The van der Waals surface area contributed by atoms with Crippen LogP contribution in [0.4, 0.5) is 5.69 Å². The molecule has 2 heterocycles. The molecule has 6 nitrogen and oxygen atoms in total. The fourth-order valence-electron chi connectivity index (χ4n) is 3.42. The van der Waals surface area contributed by atoms with E-state index in [1.807, 2.05) is 49.4 Å². The molecule has 2 amide bonds. The molecule has 27 heavy (non-hydrogen) atoms. The summed E-state index contributed by atoms with van der Waals surface area (Å²) < 4.78 is 10.9. The van der Waals surface area contributed by atoms with E-state index in [1.165, 1.54) is 0 Å². The van der Waals surface area contributed by atoms with E-state index in [0.717, 1.165) is 16.8 Å². The van der Waals surface area contributed by atoms with Crippen molar-refractivity contribution in [1.82, 2.24) is 4.90 Å². The number of carbonyl (C=O) groups is 2. The minimum atomic E-state index is -0.0852. The SMILES string of the molecule is Cc1ccc2c(c1)N(Cc1cccc(C(=O)N3CCOCC3)c1)C(=O)CO2. The van der Waals surface area contributed by atoms with E-state index in [-0.39, 0.29) is 18.4 Å². The summed E-state index contributed by atoms with van der Waals surface area (Å²) in [5.41, 5.74) is 3.39. The zero-order chi connectivity index (χ0) is 18.8. The highest BCUT2D eigenvalue weighted by molar-refractivity contribution is 5.98. The van der Waals surface area contributed by atoms with Gasteiger partial charge in [0.05, 0.1) is 25.4 Å². The Kier molecular flexibility index (Phi) is 4.81. The van der Waals surface area contributed by atoms with Crippen LogP contribution in [-0.2, 0) is 16.1 Å². The van der Waals surface area contributed by atoms with Crippen LogP contribution in [0.25, 0.3) is 0 Å². The lowest BCUT2D eigenvalue weighted by molar-refractivity contribution is -0.121. The number of hydrogen-bond acceptors (Lipinski definition) is 4. The monoisotopic (exact) mass is 366 g/mol. The Balaban J connectivity index is 1.57. The van der Waals surface area contributed by atoms with Gasteiger partial charge in [-0.2, -0.15) is 0 Å². The van der Waals surface area contributed by atoms with Crippen molar-refractivity contribution in [3.63, 3.8) is 0 Å². The molecule has 0 atom stereocenters. The average molecular weight is 366 g/mol. The third-order valence-electron chi connectivity index (χ3n) is 4.87. The maximum atomic E-state index is 12.7. The first-order chi connectivity index (χ1) is 13.1.